The number of ether oxygens (including phenoxy) is 3. The Kier molecular flexibility index (Phi) is 15.1. The van der Waals surface area contributed by atoms with Crippen molar-refractivity contribution in [1.29, 1.82) is 0 Å². The number of pyridine rings is 1. The lowest BCUT2D eigenvalue weighted by Gasteiger charge is -2.26. The molecule has 1 aromatic carbocycles. The Bertz CT molecular complexity index is 1900. The summed E-state index contributed by atoms with van der Waals surface area (Å²) < 4.78 is 61.1. The lowest BCUT2D eigenvalue weighted by molar-refractivity contribution is -0.144. The standard InChI is InChI=1S/C43H58F3N3O6/c1-13-31(16-14-15-26(2)20-36(28(4)50)48-40(52)55-41(7,8)9)32-17-18-37-33(21-32)35(22-42(10,11)25-54-30(6)51)39(49(37)24-43(44,45)46)34-19-27(3)23-47-38(34)29(5)53-12/h16-19,21,23,29,36H,2,13-15,20,22,24-25H2,1,3-12H3,(H,48,52)/b31-16+/t29-,36-/m0/s1. The van der Waals surface area contributed by atoms with E-state index in [9.17, 15) is 27.6 Å². The van der Waals surface area contributed by atoms with E-state index in [4.69, 9.17) is 14.2 Å². The molecule has 1 N–H and O–H groups in total. The normalized spacial score (nSPS) is 13.7. The van der Waals surface area contributed by atoms with Crippen LogP contribution in [-0.4, -0.2) is 58.9 Å². The van der Waals surface area contributed by atoms with E-state index in [1.165, 1.54) is 25.5 Å². The molecule has 0 spiro atoms. The second-order valence-electron chi connectivity index (χ2n) is 16.1. The molecule has 0 fully saturated rings. The highest BCUT2D eigenvalue weighted by molar-refractivity contribution is 5.95. The van der Waals surface area contributed by atoms with E-state index in [2.05, 4.69) is 23.0 Å². The number of nitrogens with zero attached hydrogens (tertiary/aromatic N) is 2. The number of benzene rings is 1. The first-order valence-electron chi connectivity index (χ1n) is 18.7. The van der Waals surface area contributed by atoms with Gasteiger partial charge in [-0.05, 0) is 114 Å². The Morgan fingerprint density at radius 3 is 2.31 bits per heavy atom. The summed E-state index contributed by atoms with van der Waals surface area (Å²) in [7, 11) is 1.53. The van der Waals surface area contributed by atoms with Gasteiger partial charge >= 0.3 is 18.2 Å². The molecule has 3 aromatic rings. The number of hydrogen-bond donors (Lipinski definition) is 1. The molecule has 2 atom stereocenters. The minimum Gasteiger partial charge on any atom is -0.465 e. The van der Waals surface area contributed by atoms with Crippen molar-refractivity contribution in [2.45, 2.75) is 132 Å². The number of Topliss-reactive ketones (excluding diaryl/α,β-unsaturated/α-hetero) is 1. The minimum absolute atomic E-state index is 0.0720. The number of alkyl halides is 3. The minimum atomic E-state index is -4.53. The number of halogens is 3. The fourth-order valence-corrected chi connectivity index (χ4v) is 6.54. The van der Waals surface area contributed by atoms with Crippen LogP contribution in [0.15, 0.2) is 48.7 Å². The van der Waals surface area contributed by atoms with E-state index < -0.39 is 47.9 Å². The maximum absolute atomic E-state index is 14.5. The molecule has 0 saturated carbocycles. The van der Waals surface area contributed by atoms with Crippen LogP contribution >= 0.6 is 0 Å². The molecule has 0 saturated heterocycles. The summed E-state index contributed by atoms with van der Waals surface area (Å²) in [4.78, 5) is 41.1. The zero-order valence-corrected chi connectivity index (χ0v) is 34.3. The molecule has 0 aliphatic rings. The molecular weight excluding hydrogens is 711 g/mol. The van der Waals surface area contributed by atoms with E-state index in [0.29, 0.717) is 59.1 Å². The van der Waals surface area contributed by atoms with Crippen molar-refractivity contribution in [3.63, 3.8) is 0 Å². The van der Waals surface area contributed by atoms with Crippen LogP contribution in [0.4, 0.5) is 18.0 Å². The Labute approximate surface area is 323 Å². The van der Waals surface area contributed by atoms with Crippen LogP contribution in [0.25, 0.3) is 27.7 Å². The summed E-state index contributed by atoms with van der Waals surface area (Å²) in [5, 5.41) is 3.30. The summed E-state index contributed by atoms with van der Waals surface area (Å²) in [5.41, 5.74) is 4.62. The van der Waals surface area contributed by atoms with Gasteiger partial charge in [0.05, 0.1) is 30.1 Å². The molecular formula is C43H58F3N3O6. The molecule has 9 nitrogen and oxygen atoms in total. The maximum atomic E-state index is 14.5. The number of aryl methyl sites for hydroxylation is 1. The van der Waals surface area contributed by atoms with Gasteiger partial charge in [-0.2, -0.15) is 13.2 Å². The molecule has 2 heterocycles. The lowest BCUT2D eigenvalue weighted by atomic mass is 9.84. The topological polar surface area (TPSA) is 109 Å². The van der Waals surface area contributed by atoms with Gasteiger partial charge in [-0.1, -0.05) is 45.1 Å². The van der Waals surface area contributed by atoms with Crippen molar-refractivity contribution in [3.8, 4) is 11.3 Å². The molecule has 0 unspecified atom stereocenters. The number of rotatable bonds is 17. The number of allylic oxidation sites excluding steroid dienone is 2. The number of esters is 1. The molecule has 3 rings (SSSR count). The van der Waals surface area contributed by atoms with Crippen molar-refractivity contribution in [2.75, 3.05) is 13.7 Å². The van der Waals surface area contributed by atoms with E-state index >= 15 is 0 Å². The number of amides is 1. The average Bonchev–Trinajstić information content (AvgIpc) is 3.33. The predicted molar refractivity (Wildman–Crippen MR) is 211 cm³/mol. The van der Waals surface area contributed by atoms with Gasteiger partial charge in [-0.25, -0.2) is 4.79 Å². The molecule has 0 bridgehead atoms. The van der Waals surface area contributed by atoms with Crippen LogP contribution < -0.4 is 5.32 Å². The fourth-order valence-electron chi connectivity index (χ4n) is 6.54. The third-order valence-corrected chi connectivity index (χ3v) is 9.19. The van der Waals surface area contributed by atoms with Crippen LogP contribution in [0, 0.1) is 12.3 Å². The van der Waals surface area contributed by atoms with Crippen molar-refractivity contribution < 1.29 is 41.8 Å². The summed E-state index contributed by atoms with van der Waals surface area (Å²) in [6.07, 6.45) is 0.395. The third-order valence-electron chi connectivity index (χ3n) is 9.19. The Balaban J connectivity index is 2.15. The molecule has 55 heavy (non-hydrogen) atoms. The van der Waals surface area contributed by atoms with Gasteiger partial charge in [-0.3, -0.25) is 14.6 Å². The molecule has 302 valence electrons. The molecule has 12 heteroatoms. The zero-order chi connectivity index (χ0) is 41.5. The number of methoxy groups -OCH3 is 1. The van der Waals surface area contributed by atoms with E-state index in [0.717, 1.165) is 22.3 Å². The van der Waals surface area contributed by atoms with Gasteiger partial charge in [-0.15, -0.1) is 0 Å². The second-order valence-corrected chi connectivity index (χ2v) is 16.1. The van der Waals surface area contributed by atoms with Gasteiger partial charge in [0.1, 0.15) is 12.1 Å². The first-order valence-corrected chi connectivity index (χ1v) is 18.7. The number of alkyl carbamates (subject to hydrolysis) is 1. The zero-order valence-electron chi connectivity index (χ0n) is 34.3. The van der Waals surface area contributed by atoms with Crippen molar-refractivity contribution in [2.24, 2.45) is 5.41 Å². The number of carbonyl (C=O) groups excluding carboxylic acids is 3. The predicted octanol–water partition coefficient (Wildman–Crippen LogP) is 10.4. The highest BCUT2D eigenvalue weighted by atomic mass is 19.4. The first kappa shape index (κ1) is 44.9. The number of aromatic nitrogens is 2. The highest BCUT2D eigenvalue weighted by Gasteiger charge is 2.35. The van der Waals surface area contributed by atoms with Crippen molar-refractivity contribution in [3.05, 3.63) is 71.1 Å². The Morgan fingerprint density at radius 2 is 1.75 bits per heavy atom. The largest absolute Gasteiger partial charge is 0.465 e. The lowest BCUT2D eigenvalue weighted by Crippen LogP contribution is -2.42. The summed E-state index contributed by atoms with van der Waals surface area (Å²) in [6.45, 7) is 20.5. The number of fused-ring (bicyclic) bond motifs is 1. The SMILES string of the molecule is C=C(CC/C=C(\CC)c1ccc2c(c1)c(CC(C)(C)COC(C)=O)c(-c1cc(C)cnc1[C@H](C)OC)n2CC(F)(F)F)C[C@H](NC(=O)OC(C)(C)C)C(C)=O. The van der Waals surface area contributed by atoms with E-state index in [1.54, 1.807) is 33.0 Å². The number of nitrogens with one attached hydrogen (secondary N) is 1. The number of hydrogen-bond acceptors (Lipinski definition) is 7. The smallest absolute Gasteiger partial charge is 0.408 e. The van der Waals surface area contributed by atoms with Crippen LogP contribution in [0.1, 0.15) is 116 Å². The summed E-state index contributed by atoms with van der Waals surface area (Å²) in [5.74, 6) is -0.648. The monoisotopic (exact) mass is 769 g/mol. The van der Waals surface area contributed by atoms with Crippen LogP contribution in [-0.2, 0) is 36.8 Å². The van der Waals surface area contributed by atoms with Crippen LogP contribution in [0.2, 0.25) is 0 Å². The fraction of sp³-hybridized carbons (Fsp3) is 0.535. The quantitative estimate of drug-likeness (QED) is 0.108. The maximum Gasteiger partial charge on any atom is 0.408 e. The van der Waals surface area contributed by atoms with Crippen LogP contribution in [0.3, 0.4) is 0 Å². The van der Waals surface area contributed by atoms with Gasteiger partial charge in [0, 0.05) is 42.1 Å². The average molecular weight is 770 g/mol. The number of ketones is 1. The highest BCUT2D eigenvalue weighted by Crippen LogP contribution is 2.43. The van der Waals surface area contributed by atoms with Gasteiger partial charge < -0.3 is 24.1 Å². The second kappa shape index (κ2) is 18.5. The van der Waals surface area contributed by atoms with Gasteiger partial charge in [0.25, 0.3) is 0 Å². The first-order chi connectivity index (χ1) is 25.4. The molecule has 1 amide bonds. The third kappa shape index (κ3) is 13.1. The molecule has 2 aromatic heterocycles. The van der Waals surface area contributed by atoms with Crippen molar-refractivity contribution >= 4 is 34.3 Å². The summed E-state index contributed by atoms with van der Waals surface area (Å²) >= 11 is 0. The molecule has 0 aliphatic carbocycles. The van der Waals surface area contributed by atoms with Gasteiger partial charge in [0.15, 0.2) is 5.78 Å². The van der Waals surface area contributed by atoms with E-state index in [-0.39, 0.29) is 18.8 Å². The van der Waals surface area contributed by atoms with Crippen LogP contribution in [0.5, 0.6) is 0 Å². The van der Waals surface area contributed by atoms with Crippen molar-refractivity contribution in [1.82, 2.24) is 14.9 Å². The molecule has 0 aliphatic heterocycles. The van der Waals surface area contributed by atoms with Gasteiger partial charge in [0.2, 0.25) is 0 Å². The molecule has 0 radical (unpaired) electrons. The summed E-state index contributed by atoms with van der Waals surface area (Å²) in [6, 6.07) is 6.63. The Hall–Kier alpha value is -4.45. The Morgan fingerprint density at radius 1 is 1.07 bits per heavy atom. The van der Waals surface area contributed by atoms with E-state index in [1.807, 2.05) is 52.8 Å². The number of carbonyl (C=O) groups is 3.